The zero-order chi connectivity index (χ0) is 18.4. The SMILES string of the molecule is C[C@@H](CNC(=O)CSc1nn(-c2ccccc2)c(=S)s1)c1ccccc1. The fraction of sp³-hybridized carbons (Fsp3) is 0.211. The van der Waals surface area contributed by atoms with Gasteiger partial charge in [-0.05, 0) is 35.8 Å². The van der Waals surface area contributed by atoms with Gasteiger partial charge in [-0.2, -0.15) is 0 Å². The number of aromatic nitrogens is 2. The van der Waals surface area contributed by atoms with Crippen LogP contribution in [0.4, 0.5) is 0 Å². The van der Waals surface area contributed by atoms with Gasteiger partial charge in [0.2, 0.25) is 5.91 Å². The van der Waals surface area contributed by atoms with Crippen LogP contribution in [0, 0.1) is 3.95 Å². The van der Waals surface area contributed by atoms with Crippen LogP contribution in [0.1, 0.15) is 18.4 Å². The number of rotatable bonds is 7. The standard InChI is InChI=1S/C19H19N3OS3/c1-14(15-8-4-2-5-9-15)12-20-17(23)13-25-18-21-22(19(24)26-18)16-10-6-3-7-11-16/h2-11,14H,12-13H2,1H3,(H,20,23)/t14-/m0/s1. The topological polar surface area (TPSA) is 46.9 Å². The van der Waals surface area contributed by atoms with E-state index in [1.165, 1.54) is 28.7 Å². The first-order valence-electron chi connectivity index (χ1n) is 8.23. The fourth-order valence-corrected chi connectivity index (χ4v) is 4.59. The summed E-state index contributed by atoms with van der Waals surface area (Å²) in [5, 5.41) is 7.50. The quantitative estimate of drug-likeness (QED) is 0.461. The van der Waals surface area contributed by atoms with Crippen molar-refractivity contribution >= 4 is 41.2 Å². The van der Waals surface area contributed by atoms with Gasteiger partial charge in [0.15, 0.2) is 8.29 Å². The Morgan fingerprint density at radius 3 is 2.54 bits per heavy atom. The first-order chi connectivity index (χ1) is 12.6. The van der Waals surface area contributed by atoms with Gasteiger partial charge in [0.25, 0.3) is 0 Å². The summed E-state index contributed by atoms with van der Waals surface area (Å²) in [7, 11) is 0. The van der Waals surface area contributed by atoms with E-state index in [2.05, 4.69) is 29.5 Å². The van der Waals surface area contributed by atoms with Crippen LogP contribution >= 0.6 is 35.3 Å². The third-order valence-corrected chi connectivity index (χ3v) is 6.20. The molecule has 1 N–H and O–H groups in total. The molecule has 1 amide bonds. The molecule has 4 nitrogen and oxygen atoms in total. The highest BCUT2D eigenvalue weighted by Crippen LogP contribution is 2.24. The van der Waals surface area contributed by atoms with Crippen LogP contribution in [0.2, 0.25) is 0 Å². The van der Waals surface area contributed by atoms with E-state index in [4.69, 9.17) is 12.2 Å². The molecule has 0 saturated carbocycles. The molecule has 2 aromatic carbocycles. The summed E-state index contributed by atoms with van der Waals surface area (Å²) < 4.78 is 3.21. The first kappa shape index (κ1) is 18.8. The lowest BCUT2D eigenvalue weighted by Crippen LogP contribution is -2.28. The molecule has 0 radical (unpaired) electrons. The Kier molecular flexibility index (Phi) is 6.60. The Labute approximate surface area is 166 Å². The Balaban J connectivity index is 1.51. The van der Waals surface area contributed by atoms with Crippen LogP contribution in [0.15, 0.2) is 65.0 Å². The van der Waals surface area contributed by atoms with E-state index in [9.17, 15) is 4.79 Å². The largest absolute Gasteiger partial charge is 0.355 e. The van der Waals surface area contributed by atoms with Gasteiger partial charge in [-0.15, -0.1) is 5.10 Å². The minimum Gasteiger partial charge on any atom is -0.355 e. The molecule has 26 heavy (non-hydrogen) atoms. The predicted molar refractivity (Wildman–Crippen MR) is 111 cm³/mol. The zero-order valence-corrected chi connectivity index (χ0v) is 16.7. The number of nitrogens with one attached hydrogen (secondary N) is 1. The smallest absolute Gasteiger partial charge is 0.230 e. The molecule has 1 atom stereocenters. The van der Waals surface area contributed by atoms with E-state index in [0.717, 1.165) is 10.0 Å². The molecule has 0 aliphatic heterocycles. The van der Waals surface area contributed by atoms with Gasteiger partial charge in [0.1, 0.15) is 0 Å². The van der Waals surface area contributed by atoms with Crippen molar-refractivity contribution < 1.29 is 4.79 Å². The van der Waals surface area contributed by atoms with Crippen molar-refractivity contribution in [3.63, 3.8) is 0 Å². The van der Waals surface area contributed by atoms with Crippen LogP contribution in [0.25, 0.3) is 5.69 Å². The third kappa shape index (κ3) is 5.03. The van der Waals surface area contributed by atoms with Crippen molar-refractivity contribution in [2.24, 2.45) is 0 Å². The Morgan fingerprint density at radius 1 is 1.19 bits per heavy atom. The Hall–Kier alpha value is -1.96. The maximum atomic E-state index is 12.1. The fourth-order valence-electron chi connectivity index (χ4n) is 2.40. The second-order valence-electron chi connectivity index (χ2n) is 5.79. The van der Waals surface area contributed by atoms with Crippen molar-refractivity contribution in [3.8, 4) is 5.69 Å². The highest BCUT2D eigenvalue weighted by molar-refractivity contribution is 8.01. The number of hydrogen-bond donors (Lipinski definition) is 1. The van der Waals surface area contributed by atoms with Gasteiger partial charge in [0, 0.05) is 6.54 Å². The van der Waals surface area contributed by atoms with Crippen LogP contribution in [0.3, 0.4) is 0 Å². The highest BCUT2D eigenvalue weighted by atomic mass is 32.2. The Morgan fingerprint density at radius 2 is 1.85 bits per heavy atom. The molecule has 1 heterocycles. The van der Waals surface area contributed by atoms with E-state index in [1.807, 2.05) is 48.5 Å². The molecule has 7 heteroatoms. The normalized spacial score (nSPS) is 11.9. The molecule has 0 unspecified atom stereocenters. The van der Waals surface area contributed by atoms with E-state index in [1.54, 1.807) is 4.68 Å². The van der Waals surface area contributed by atoms with E-state index >= 15 is 0 Å². The number of hydrogen-bond acceptors (Lipinski definition) is 5. The van der Waals surface area contributed by atoms with Crippen molar-refractivity contribution in [1.82, 2.24) is 15.1 Å². The summed E-state index contributed by atoms with van der Waals surface area (Å²) in [6.45, 7) is 2.73. The molecule has 134 valence electrons. The summed E-state index contributed by atoms with van der Waals surface area (Å²) >= 11 is 8.22. The number of para-hydroxylation sites is 1. The van der Waals surface area contributed by atoms with E-state index in [0.29, 0.717) is 16.3 Å². The minimum atomic E-state index is 0.00478. The lowest BCUT2D eigenvalue weighted by Gasteiger charge is -2.12. The van der Waals surface area contributed by atoms with Gasteiger partial charge in [-0.25, -0.2) is 4.68 Å². The number of carbonyl (C=O) groups excluding carboxylic acids is 1. The molecule has 3 rings (SSSR count). The number of benzene rings is 2. The maximum Gasteiger partial charge on any atom is 0.230 e. The van der Waals surface area contributed by atoms with Gasteiger partial charge in [0.05, 0.1) is 11.4 Å². The second kappa shape index (κ2) is 9.12. The Bertz CT molecular complexity index is 907. The van der Waals surface area contributed by atoms with Gasteiger partial charge in [-0.3, -0.25) is 4.79 Å². The molecule has 0 aliphatic rings. The molecular weight excluding hydrogens is 382 g/mol. The minimum absolute atomic E-state index is 0.00478. The molecule has 0 saturated heterocycles. The molecule has 0 aliphatic carbocycles. The zero-order valence-electron chi connectivity index (χ0n) is 14.3. The predicted octanol–water partition coefficient (Wildman–Crippen LogP) is 4.68. The van der Waals surface area contributed by atoms with Crippen molar-refractivity contribution in [3.05, 3.63) is 70.2 Å². The van der Waals surface area contributed by atoms with Crippen LogP contribution in [0.5, 0.6) is 0 Å². The van der Waals surface area contributed by atoms with Crippen LogP contribution in [-0.2, 0) is 4.79 Å². The number of thioether (sulfide) groups is 1. The highest BCUT2D eigenvalue weighted by Gasteiger charge is 2.11. The van der Waals surface area contributed by atoms with Crippen LogP contribution < -0.4 is 5.32 Å². The summed E-state index contributed by atoms with van der Waals surface area (Å²) in [5.74, 6) is 0.619. The molecule has 0 fully saturated rings. The molecule has 0 spiro atoms. The van der Waals surface area contributed by atoms with Gasteiger partial charge in [-0.1, -0.05) is 78.6 Å². The summed E-state index contributed by atoms with van der Waals surface area (Å²) in [6.07, 6.45) is 0. The average molecular weight is 402 g/mol. The van der Waals surface area contributed by atoms with Gasteiger partial charge < -0.3 is 5.32 Å². The van der Waals surface area contributed by atoms with Crippen LogP contribution in [-0.4, -0.2) is 28.0 Å². The average Bonchev–Trinajstić information content (AvgIpc) is 3.06. The number of carbonyl (C=O) groups is 1. The second-order valence-corrected chi connectivity index (χ2v) is 8.63. The lowest BCUT2D eigenvalue weighted by atomic mass is 10.0. The number of amides is 1. The summed E-state index contributed by atoms with van der Waals surface area (Å²) in [4.78, 5) is 12.1. The summed E-state index contributed by atoms with van der Waals surface area (Å²) in [6, 6.07) is 20.0. The van der Waals surface area contributed by atoms with Crippen molar-refractivity contribution in [2.75, 3.05) is 12.3 Å². The van der Waals surface area contributed by atoms with E-state index in [-0.39, 0.29) is 11.8 Å². The third-order valence-electron chi connectivity index (χ3n) is 3.83. The molecule has 3 aromatic rings. The van der Waals surface area contributed by atoms with Crippen molar-refractivity contribution in [1.29, 1.82) is 0 Å². The van der Waals surface area contributed by atoms with E-state index < -0.39 is 0 Å². The van der Waals surface area contributed by atoms with Crippen molar-refractivity contribution in [2.45, 2.75) is 17.2 Å². The lowest BCUT2D eigenvalue weighted by molar-refractivity contribution is -0.118. The monoisotopic (exact) mass is 401 g/mol. The molecular formula is C19H19N3OS3. The maximum absolute atomic E-state index is 12.1. The molecule has 1 aromatic heterocycles. The summed E-state index contributed by atoms with van der Waals surface area (Å²) in [5.41, 5.74) is 2.15. The van der Waals surface area contributed by atoms with Gasteiger partial charge >= 0.3 is 0 Å². The molecule has 0 bridgehead atoms. The number of nitrogens with zero attached hydrogens (tertiary/aromatic N) is 2. The first-order valence-corrected chi connectivity index (χ1v) is 10.4.